The Kier molecular flexibility index (Phi) is 6.05. The van der Waals surface area contributed by atoms with Crippen molar-refractivity contribution >= 4 is 22.3 Å². The summed E-state index contributed by atoms with van der Waals surface area (Å²) in [7, 11) is 3.58. The SMILES string of the molecule is CCOC(C(OC(C)=O)c1ccc([N+](=O)[O-])s1)N(C)C. The Morgan fingerprint density at radius 2 is 2.15 bits per heavy atom. The number of nitrogens with zero attached hydrogens (tertiary/aromatic N) is 2. The normalized spacial score (nSPS) is 14.1. The lowest BCUT2D eigenvalue weighted by Crippen LogP contribution is -2.38. The third-order valence-corrected chi connectivity index (χ3v) is 3.57. The van der Waals surface area contributed by atoms with E-state index in [1.54, 1.807) is 25.1 Å². The number of carbonyl (C=O) groups is 1. The average Bonchev–Trinajstić information content (AvgIpc) is 2.82. The van der Waals surface area contributed by atoms with E-state index >= 15 is 0 Å². The summed E-state index contributed by atoms with van der Waals surface area (Å²) in [4.78, 5) is 23.9. The second kappa shape index (κ2) is 7.32. The maximum atomic E-state index is 11.3. The molecule has 1 aromatic rings. The molecule has 0 radical (unpaired) electrons. The van der Waals surface area contributed by atoms with Gasteiger partial charge in [0, 0.05) is 19.6 Å². The zero-order chi connectivity index (χ0) is 15.3. The lowest BCUT2D eigenvalue weighted by molar-refractivity contribution is -0.380. The van der Waals surface area contributed by atoms with Crippen LogP contribution in [0.2, 0.25) is 0 Å². The number of hydrogen-bond donors (Lipinski definition) is 0. The Balaban J connectivity index is 3.08. The van der Waals surface area contributed by atoms with Gasteiger partial charge in [-0.25, -0.2) is 0 Å². The highest BCUT2D eigenvalue weighted by molar-refractivity contribution is 7.15. The molecule has 2 unspecified atom stereocenters. The van der Waals surface area contributed by atoms with Gasteiger partial charge in [0.2, 0.25) is 0 Å². The van der Waals surface area contributed by atoms with E-state index < -0.39 is 23.2 Å². The second-order valence-electron chi connectivity index (χ2n) is 4.27. The molecule has 0 spiro atoms. The van der Waals surface area contributed by atoms with Crippen molar-refractivity contribution < 1.29 is 19.2 Å². The highest BCUT2D eigenvalue weighted by Crippen LogP contribution is 2.34. The third-order valence-electron chi connectivity index (χ3n) is 2.47. The number of esters is 1. The molecule has 0 saturated heterocycles. The summed E-state index contributed by atoms with van der Waals surface area (Å²) >= 11 is 0.980. The second-order valence-corrected chi connectivity index (χ2v) is 5.37. The predicted molar refractivity (Wildman–Crippen MR) is 74.6 cm³/mol. The number of likely N-dealkylation sites (N-methyl/N-ethyl adjacent to an activating group) is 1. The molecule has 112 valence electrons. The quantitative estimate of drug-likeness (QED) is 0.332. The van der Waals surface area contributed by atoms with Crippen LogP contribution in [-0.4, -0.2) is 42.7 Å². The van der Waals surface area contributed by atoms with E-state index in [9.17, 15) is 14.9 Å². The van der Waals surface area contributed by atoms with Crippen molar-refractivity contribution in [1.29, 1.82) is 0 Å². The lowest BCUT2D eigenvalue weighted by atomic mass is 10.2. The fraction of sp³-hybridized carbons (Fsp3) is 0.583. The molecule has 0 aliphatic carbocycles. The molecule has 8 heteroatoms. The van der Waals surface area contributed by atoms with Crippen molar-refractivity contribution in [3.8, 4) is 0 Å². The number of ether oxygens (including phenoxy) is 2. The van der Waals surface area contributed by atoms with Gasteiger partial charge in [0.1, 0.15) is 0 Å². The van der Waals surface area contributed by atoms with E-state index in [1.165, 1.54) is 13.0 Å². The van der Waals surface area contributed by atoms with Crippen LogP contribution in [0.4, 0.5) is 5.00 Å². The van der Waals surface area contributed by atoms with Crippen LogP contribution in [0.3, 0.4) is 0 Å². The van der Waals surface area contributed by atoms with E-state index in [0.29, 0.717) is 11.5 Å². The molecular formula is C12H18N2O5S. The minimum atomic E-state index is -0.693. The van der Waals surface area contributed by atoms with Crippen molar-refractivity contribution in [1.82, 2.24) is 4.90 Å². The van der Waals surface area contributed by atoms with Crippen molar-refractivity contribution in [2.75, 3.05) is 20.7 Å². The van der Waals surface area contributed by atoms with Crippen molar-refractivity contribution in [2.45, 2.75) is 26.2 Å². The minimum absolute atomic E-state index is 0.00570. The first kappa shape index (κ1) is 16.5. The summed E-state index contributed by atoms with van der Waals surface area (Å²) in [5.41, 5.74) is 0. The molecule has 0 N–H and O–H groups in total. The van der Waals surface area contributed by atoms with Crippen LogP contribution in [0.15, 0.2) is 12.1 Å². The largest absolute Gasteiger partial charge is 0.453 e. The number of hydrogen-bond acceptors (Lipinski definition) is 7. The molecular weight excluding hydrogens is 284 g/mol. The van der Waals surface area contributed by atoms with Crippen LogP contribution in [-0.2, 0) is 14.3 Å². The number of rotatable bonds is 7. The highest BCUT2D eigenvalue weighted by Gasteiger charge is 2.31. The Hall–Kier alpha value is -1.51. The van der Waals surface area contributed by atoms with Crippen molar-refractivity contribution in [2.24, 2.45) is 0 Å². The van der Waals surface area contributed by atoms with Gasteiger partial charge in [0.15, 0.2) is 12.3 Å². The van der Waals surface area contributed by atoms with Gasteiger partial charge in [-0.2, -0.15) is 0 Å². The molecule has 2 atom stereocenters. The molecule has 0 aliphatic heterocycles. The van der Waals surface area contributed by atoms with Gasteiger partial charge in [-0.15, -0.1) is 0 Å². The smallest absolute Gasteiger partial charge is 0.324 e. The number of thiophene rings is 1. The average molecular weight is 302 g/mol. The molecule has 0 amide bonds. The fourth-order valence-electron chi connectivity index (χ4n) is 1.71. The molecule has 1 aromatic heterocycles. The van der Waals surface area contributed by atoms with E-state index in [-0.39, 0.29) is 5.00 Å². The lowest BCUT2D eigenvalue weighted by Gasteiger charge is -2.30. The molecule has 0 bridgehead atoms. The van der Waals surface area contributed by atoms with Gasteiger partial charge in [0.05, 0.1) is 9.80 Å². The first-order valence-corrected chi connectivity index (χ1v) is 6.87. The first-order chi connectivity index (χ1) is 9.36. The van der Waals surface area contributed by atoms with Gasteiger partial charge < -0.3 is 9.47 Å². The Morgan fingerprint density at radius 3 is 2.55 bits per heavy atom. The Bertz CT molecular complexity index is 474. The molecule has 1 rings (SSSR count). The fourth-order valence-corrected chi connectivity index (χ4v) is 2.58. The molecule has 7 nitrogen and oxygen atoms in total. The maximum Gasteiger partial charge on any atom is 0.324 e. The Labute approximate surface area is 121 Å². The van der Waals surface area contributed by atoms with Gasteiger partial charge in [0.25, 0.3) is 0 Å². The third kappa shape index (κ3) is 4.26. The maximum absolute atomic E-state index is 11.3. The van der Waals surface area contributed by atoms with E-state index in [0.717, 1.165) is 11.3 Å². The molecule has 0 aromatic carbocycles. The first-order valence-electron chi connectivity index (χ1n) is 6.06. The number of carbonyl (C=O) groups excluding carboxylic acids is 1. The molecule has 0 aliphatic rings. The highest BCUT2D eigenvalue weighted by atomic mass is 32.1. The van der Waals surface area contributed by atoms with Crippen molar-refractivity contribution in [3.05, 3.63) is 27.1 Å². The number of nitro groups is 1. The zero-order valence-corrected chi connectivity index (χ0v) is 12.7. The van der Waals surface area contributed by atoms with Crippen LogP contribution in [0.25, 0.3) is 0 Å². The van der Waals surface area contributed by atoms with Gasteiger partial charge >= 0.3 is 11.0 Å². The minimum Gasteiger partial charge on any atom is -0.453 e. The molecule has 20 heavy (non-hydrogen) atoms. The summed E-state index contributed by atoms with van der Waals surface area (Å²) in [6.45, 7) is 3.57. The Morgan fingerprint density at radius 1 is 1.50 bits per heavy atom. The molecule has 0 saturated carbocycles. The monoisotopic (exact) mass is 302 g/mol. The van der Waals surface area contributed by atoms with Gasteiger partial charge in [-0.05, 0) is 27.1 Å². The standard InChI is InChI=1S/C12H18N2O5S/c1-5-18-12(13(3)4)11(19-8(2)15)9-6-7-10(20-9)14(16)17/h6-7,11-12H,5H2,1-4H3. The molecule has 0 fully saturated rings. The summed E-state index contributed by atoms with van der Waals surface area (Å²) in [5.74, 6) is -0.461. The summed E-state index contributed by atoms with van der Waals surface area (Å²) in [6, 6.07) is 2.99. The topological polar surface area (TPSA) is 81.9 Å². The van der Waals surface area contributed by atoms with Gasteiger partial charge in [-0.3, -0.25) is 19.8 Å². The van der Waals surface area contributed by atoms with E-state index in [2.05, 4.69) is 0 Å². The van der Waals surface area contributed by atoms with Crippen LogP contribution >= 0.6 is 11.3 Å². The summed E-state index contributed by atoms with van der Waals surface area (Å²) in [6.07, 6.45) is -1.19. The summed E-state index contributed by atoms with van der Waals surface area (Å²) in [5, 5.41) is 10.8. The predicted octanol–water partition coefficient (Wildman–Crippen LogP) is 2.18. The van der Waals surface area contributed by atoms with Crippen LogP contribution in [0.1, 0.15) is 24.8 Å². The van der Waals surface area contributed by atoms with Crippen LogP contribution < -0.4 is 0 Å². The van der Waals surface area contributed by atoms with E-state index in [1.807, 2.05) is 6.92 Å². The van der Waals surface area contributed by atoms with E-state index in [4.69, 9.17) is 9.47 Å². The molecule has 1 heterocycles. The zero-order valence-electron chi connectivity index (χ0n) is 11.9. The van der Waals surface area contributed by atoms with Crippen LogP contribution in [0, 0.1) is 10.1 Å². The summed E-state index contributed by atoms with van der Waals surface area (Å²) < 4.78 is 10.9. The van der Waals surface area contributed by atoms with Crippen LogP contribution in [0.5, 0.6) is 0 Å². The van der Waals surface area contributed by atoms with Gasteiger partial charge in [-0.1, -0.05) is 11.3 Å². The van der Waals surface area contributed by atoms with Crippen molar-refractivity contribution in [3.63, 3.8) is 0 Å².